The fourth-order valence-corrected chi connectivity index (χ4v) is 4.09. The first kappa shape index (κ1) is 18.6. The number of likely N-dealkylation sites (tertiary alicyclic amines) is 1. The quantitative estimate of drug-likeness (QED) is 0.851. The van der Waals surface area contributed by atoms with Crippen LogP contribution >= 0.6 is 0 Å². The second-order valence-corrected chi connectivity index (χ2v) is 7.51. The van der Waals surface area contributed by atoms with Gasteiger partial charge in [-0.05, 0) is 37.5 Å². The average molecular weight is 385 g/mol. The Morgan fingerprint density at radius 1 is 1.32 bits per heavy atom. The van der Waals surface area contributed by atoms with Crippen LogP contribution < -0.4 is 4.74 Å². The van der Waals surface area contributed by atoms with E-state index in [1.54, 1.807) is 11.0 Å². The van der Waals surface area contributed by atoms with Crippen LogP contribution in [0.3, 0.4) is 0 Å². The maximum absolute atomic E-state index is 13.0. The van der Waals surface area contributed by atoms with Gasteiger partial charge in [0.05, 0.1) is 6.61 Å². The molecule has 0 aliphatic carbocycles. The van der Waals surface area contributed by atoms with Crippen molar-refractivity contribution in [1.82, 2.24) is 4.90 Å². The van der Waals surface area contributed by atoms with Crippen LogP contribution in [0.15, 0.2) is 40.8 Å². The summed E-state index contributed by atoms with van der Waals surface area (Å²) >= 11 is 0. The molecule has 0 bridgehead atoms. The van der Waals surface area contributed by atoms with Crippen LogP contribution in [0.25, 0.3) is 0 Å². The molecule has 2 aromatic rings. The van der Waals surface area contributed by atoms with Crippen LogP contribution in [0.1, 0.15) is 28.3 Å². The van der Waals surface area contributed by atoms with Crippen molar-refractivity contribution < 1.29 is 28.6 Å². The van der Waals surface area contributed by atoms with Crippen LogP contribution in [-0.4, -0.2) is 48.2 Å². The highest BCUT2D eigenvalue weighted by atomic mass is 16.5. The Labute approximate surface area is 162 Å². The average Bonchev–Trinajstić information content (AvgIpc) is 3.28. The second kappa shape index (κ2) is 7.31. The van der Waals surface area contributed by atoms with Gasteiger partial charge in [-0.25, -0.2) is 0 Å². The Kier molecular flexibility index (Phi) is 4.85. The number of carbonyl (C=O) groups excluding carboxylic acids is 1. The molecule has 3 heterocycles. The molecule has 1 aromatic heterocycles. The lowest BCUT2D eigenvalue weighted by molar-refractivity contribution is -0.159. The van der Waals surface area contributed by atoms with Gasteiger partial charge < -0.3 is 23.9 Å². The van der Waals surface area contributed by atoms with Crippen LogP contribution in [0.4, 0.5) is 0 Å². The fourth-order valence-electron chi connectivity index (χ4n) is 4.09. The van der Waals surface area contributed by atoms with E-state index in [9.17, 15) is 14.7 Å². The highest BCUT2D eigenvalue weighted by Gasteiger charge is 2.55. The lowest BCUT2D eigenvalue weighted by Crippen LogP contribution is -2.46. The van der Waals surface area contributed by atoms with Gasteiger partial charge in [-0.3, -0.25) is 9.59 Å². The molecule has 0 spiro atoms. The zero-order valence-corrected chi connectivity index (χ0v) is 15.7. The molecule has 0 unspecified atom stereocenters. The molecule has 2 saturated heterocycles. The van der Waals surface area contributed by atoms with Crippen molar-refractivity contribution in [3.05, 3.63) is 53.5 Å². The largest absolute Gasteiger partial charge is 0.486 e. The Morgan fingerprint density at radius 2 is 2.11 bits per heavy atom. The van der Waals surface area contributed by atoms with E-state index in [0.717, 1.165) is 5.75 Å². The number of amides is 1. The first-order chi connectivity index (χ1) is 13.5. The van der Waals surface area contributed by atoms with Crippen molar-refractivity contribution in [2.24, 2.45) is 11.3 Å². The number of rotatable bonds is 5. The van der Waals surface area contributed by atoms with Crippen molar-refractivity contribution in [3.63, 3.8) is 0 Å². The molecule has 0 radical (unpaired) electrons. The highest BCUT2D eigenvalue weighted by molar-refractivity contribution is 5.94. The predicted octanol–water partition coefficient (Wildman–Crippen LogP) is 2.73. The van der Waals surface area contributed by atoms with Crippen molar-refractivity contribution in [3.8, 4) is 5.75 Å². The Morgan fingerprint density at radius 3 is 2.82 bits per heavy atom. The van der Waals surface area contributed by atoms with Crippen LogP contribution in [0.2, 0.25) is 0 Å². The second-order valence-electron chi connectivity index (χ2n) is 7.51. The first-order valence-corrected chi connectivity index (χ1v) is 9.37. The molecule has 1 N–H and O–H groups in total. The minimum Gasteiger partial charge on any atom is -0.486 e. The topological polar surface area (TPSA) is 89.2 Å². The maximum atomic E-state index is 13.0. The Balaban J connectivity index is 1.48. The van der Waals surface area contributed by atoms with Gasteiger partial charge in [0.1, 0.15) is 23.5 Å². The molecule has 28 heavy (non-hydrogen) atoms. The van der Waals surface area contributed by atoms with Crippen molar-refractivity contribution in [2.75, 3.05) is 26.3 Å². The van der Waals surface area contributed by atoms with Gasteiger partial charge in [0, 0.05) is 25.3 Å². The number of carbonyl (C=O) groups is 2. The van der Waals surface area contributed by atoms with Crippen molar-refractivity contribution in [2.45, 2.75) is 20.0 Å². The van der Waals surface area contributed by atoms with Crippen LogP contribution in [0, 0.1) is 18.3 Å². The number of furan rings is 1. The van der Waals surface area contributed by atoms with Crippen molar-refractivity contribution >= 4 is 11.9 Å². The number of aliphatic carboxylic acids is 1. The van der Waals surface area contributed by atoms with E-state index in [4.69, 9.17) is 13.9 Å². The number of para-hydroxylation sites is 1. The zero-order chi connectivity index (χ0) is 19.7. The maximum Gasteiger partial charge on any atom is 0.314 e. The van der Waals surface area contributed by atoms with Gasteiger partial charge in [-0.2, -0.15) is 0 Å². The number of carboxylic acids is 1. The molecule has 2 fully saturated rings. The standard InChI is InChI=1S/C21H23NO6/c1-14-9-17(11-27-16-5-3-2-4-6-16)28-18(14)19(23)22-10-15-7-8-26-13-21(15,12-22)20(24)25/h2-6,9,15H,7-8,10-13H2,1H3,(H,24,25)/t15-,21+/m0/s1. The molecule has 2 aliphatic rings. The van der Waals surface area contributed by atoms with Gasteiger partial charge in [0.25, 0.3) is 5.91 Å². The molecule has 0 saturated carbocycles. The normalized spacial score (nSPS) is 24.0. The lowest BCUT2D eigenvalue weighted by Gasteiger charge is -2.33. The number of aryl methyl sites for hydroxylation is 1. The minimum absolute atomic E-state index is 0.0983. The number of hydrogen-bond acceptors (Lipinski definition) is 5. The first-order valence-electron chi connectivity index (χ1n) is 9.37. The molecule has 7 heteroatoms. The molecule has 1 amide bonds. The van der Waals surface area contributed by atoms with Crippen LogP contribution in [0.5, 0.6) is 5.75 Å². The molecule has 7 nitrogen and oxygen atoms in total. The van der Waals surface area contributed by atoms with Gasteiger partial charge in [0.2, 0.25) is 0 Å². The number of benzene rings is 1. The van der Waals surface area contributed by atoms with E-state index < -0.39 is 11.4 Å². The van der Waals surface area contributed by atoms with Crippen molar-refractivity contribution in [1.29, 1.82) is 0 Å². The summed E-state index contributed by atoms with van der Waals surface area (Å²) < 4.78 is 16.9. The third-order valence-electron chi connectivity index (χ3n) is 5.67. The van der Waals surface area contributed by atoms with E-state index in [1.807, 2.05) is 37.3 Å². The van der Waals surface area contributed by atoms with E-state index in [-0.39, 0.29) is 37.3 Å². The third kappa shape index (κ3) is 3.26. The zero-order valence-electron chi connectivity index (χ0n) is 15.7. The Hall–Kier alpha value is -2.80. The van der Waals surface area contributed by atoms with E-state index in [2.05, 4.69) is 0 Å². The summed E-state index contributed by atoms with van der Waals surface area (Å²) in [6.45, 7) is 3.24. The van der Waals surface area contributed by atoms with Gasteiger partial charge in [-0.1, -0.05) is 18.2 Å². The highest BCUT2D eigenvalue weighted by Crippen LogP contribution is 2.42. The molecule has 2 atom stereocenters. The SMILES string of the molecule is Cc1cc(COc2ccccc2)oc1C(=O)N1C[C@@H]2CCOC[C@]2(C(=O)O)C1. The fraction of sp³-hybridized carbons (Fsp3) is 0.429. The molecule has 2 aliphatic heterocycles. The summed E-state index contributed by atoms with van der Waals surface area (Å²) in [5.74, 6) is 0.235. The Bertz CT molecular complexity index is 876. The van der Waals surface area contributed by atoms with Gasteiger partial charge in [-0.15, -0.1) is 0 Å². The van der Waals surface area contributed by atoms with E-state index in [1.165, 1.54) is 0 Å². The summed E-state index contributed by atoms with van der Waals surface area (Å²) in [7, 11) is 0. The molecular formula is C21H23NO6. The minimum atomic E-state index is -1.02. The number of fused-ring (bicyclic) bond motifs is 1. The van der Waals surface area contributed by atoms with Gasteiger partial charge >= 0.3 is 5.97 Å². The van der Waals surface area contributed by atoms with Crippen LogP contribution in [-0.2, 0) is 16.1 Å². The third-order valence-corrected chi connectivity index (χ3v) is 5.67. The van der Waals surface area contributed by atoms with E-state index >= 15 is 0 Å². The number of nitrogens with zero attached hydrogens (tertiary/aromatic N) is 1. The summed E-state index contributed by atoms with van der Waals surface area (Å²) in [4.78, 5) is 26.5. The summed E-state index contributed by atoms with van der Waals surface area (Å²) in [5, 5.41) is 9.75. The molecule has 148 valence electrons. The number of hydrogen-bond donors (Lipinski definition) is 1. The van der Waals surface area contributed by atoms with E-state index in [0.29, 0.717) is 30.9 Å². The summed E-state index contributed by atoms with van der Waals surface area (Å²) in [6, 6.07) is 11.2. The smallest absolute Gasteiger partial charge is 0.314 e. The molecular weight excluding hydrogens is 362 g/mol. The van der Waals surface area contributed by atoms with Gasteiger partial charge in [0.15, 0.2) is 5.76 Å². The lowest BCUT2D eigenvalue weighted by atomic mass is 9.76. The molecule has 4 rings (SSSR count). The molecule has 1 aromatic carbocycles. The summed E-state index contributed by atoms with van der Waals surface area (Å²) in [5.41, 5.74) is -0.305. The number of carboxylic acid groups (broad SMARTS) is 1. The monoisotopic (exact) mass is 385 g/mol. The summed E-state index contributed by atoms with van der Waals surface area (Å²) in [6.07, 6.45) is 0.642. The predicted molar refractivity (Wildman–Crippen MR) is 99.1 cm³/mol. The number of ether oxygens (including phenoxy) is 2.